The molecule has 6 nitrogen and oxygen atoms in total. The summed E-state index contributed by atoms with van der Waals surface area (Å²) in [6.07, 6.45) is 0.246. The average molecular weight is 434 g/mol. The standard InChI is InChI=1S/C25H23FN2O4/c1-16-23(17(2)32-28-16)15-30-21-9-3-18(4-10-21)13-25(29)27-14-22-11-12-24(31-22)19-5-7-20(26)8-6-19/h3-12H,13-15H2,1-2H3,(H,27,29). The fraction of sp³-hybridized carbons (Fsp3) is 0.200. The molecule has 4 aromatic rings. The molecule has 7 heteroatoms. The molecule has 4 rings (SSSR count). The molecule has 0 aliphatic heterocycles. The van der Waals surface area contributed by atoms with E-state index in [-0.39, 0.29) is 24.7 Å². The Balaban J connectivity index is 1.26. The number of ether oxygens (including phenoxy) is 1. The van der Waals surface area contributed by atoms with Crippen molar-refractivity contribution in [1.29, 1.82) is 0 Å². The van der Waals surface area contributed by atoms with E-state index in [9.17, 15) is 9.18 Å². The van der Waals surface area contributed by atoms with Crippen molar-refractivity contribution in [2.24, 2.45) is 0 Å². The van der Waals surface area contributed by atoms with E-state index < -0.39 is 0 Å². The lowest BCUT2D eigenvalue weighted by atomic mass is 10.1. The molecule has 2 aromatic carbocycles. The lowest BCUT2D eigenvalue weighted by Gasteiger charge is -2.07. The third kappa shape index (κ3) is 5.24. The maximum Gasteiger partial charge on any atom is 0.224 e. The van der Waals surface area contributed by atoms with E-state index in [4.69, 9.17) is 13.7 Å². The van der Waals surface area contributed by atoms with Gasteiger partial charge in [-0.15, -0.1) is 0 Å². The predicted octanol–water partition coefficient (Wildman–Crippen LogP) is 5.13. The largest absolute Gasteiger partial charge is 0.489 e. The average Bonchev–Trinajstić information content (AvgIpc) is 3.39. The van der Waals surface area contributed by atoms with E-state index in [0.717, 1.165) is 28.1 Å². The van der Waals surface area contributed by atoms with Gasteiger partial charge in [-0.25, -0.2) is 4.39 Å². The van der Waals surface area contributed by atoms with Gasteiger partial charge in [-0.3, -0.25) is 4.79 Å². The summed E-state index contributed by atoms with van der Waals surface area (Å²) in [5.74, 6) is 2.29. The molecule has 32 heavy (non-hydrogen) atoms. The Morgan fingerprint density at radius 2 is 1.78 bits per heavy atom. The fourth-order valence-electron chi connectivity index (χ4n) is 3.24. The van der Waals surface area contributed by atoms with Gasteiger partial charge < -0.3 is 19.0 Å². The zero-order valence-electron chi connectivity index (χ0n) is 17.9. The van der Waals surface area contributed by atoms with E-state index in [2.05, 4.69) is 10.5 Å². The van der Waals surface area contributed by atoms with Gasteiger partial charge in [0.15, 0.2) is 0 Å². The molecule has 0 saturated carbocycles. The number of hydrogen-bond donors (Lipinski definition) is 1. The zero-order chi connectivity index (χ0) is 22.5. The lowest BCUT2D eigenvalue weighted by Crippen LogP contribution is -2.24. The van der Waals surface area contributed by atoms with Gasteiger partial charge in [-0.2, -0.15) is 0 Å². The summed E-state index contributed by atoms with van der Waals surface area (Å²) in [6.45, 7) is 4.39. The Morgan fingerprint density at radius 1 is 1.03 bits per heavy atom. The number of furan rings is 1. The van der Waals surface area contributed by atoms with Gasteiger partial charge in [0.2, 0.25) is 5.91 Å². The molecule has 0 atom stereocenters. The molecular formula is C25H23FN2O4. The van der Waals surface area contributed by atoms with Crippen LogP contribution in [0.15, 0.2) is 69.6 Å². The van der Waals surface area contributed by atoms with Crippen molar-refractivity contribution in [2.75, 3.05) is 0 Å². The number of aromatic nitrogens is 1. The minimum Gasteiger partial charge on any atom is -0.489 e. The quantitative estimate of drug-likeness (QED) is 0.416. The number of carbonyl (C=O) groups is 1. The fourth-order valence-corrected chi connectivity index (χ4v) is 3.24. The molecule has 0 unspecified atom stereocenters. The molecule has 0 radical (unpaired) electrons. The first kappa shape index (κ1) is 21.4. The summed E-state index contributed by atoms with van der Waals surface area (Å²) in [7, 11) is 0. The number of aryl methyl sites for hydroxylation is 2. The van der Waals surface area contributed by atoms with Crippen molar-refractivity contribution in [2.45, 2.75) is 33.4 Å². The monoisotopic (exact) mass is 434 g/mol. The van der Waals surface area contributed by atoms with Crippen LogP contribution in [0.1, 0.15) is 28.3 Å². The Labute approximate surface area is 185 Å². The van der Waals surface area contributed by atoms with Crippen molar-refractivity contribution in [3.8, 4) is 17.1 Å². The summed E-state index contributed by atoms with van der Waals surface area (Å²) in [4.78, 5) is 12.3. The Hall–Kier alpha value is -3.87. The summed E-state index contributed by atoms with van der Waals surface area (Å²) in [5.41, 5.74) is 3.41. The molecule has 1 N–H and O–H groups in total. The maximum absolute atomic E-state index is 13.1. The van der Waals surface area contributed by atoms with Crippen molar-refractivity contribution in [3.05, 3.63) is 94.8 Å². The van der Waals surface area contributed by atoms with E-state index in [1.54, 1.807) is 24.3 Å². The van der Waals surface area contributed by atoms with Crippen LogP contribution < -0.4 is 10.1 Å². The number of nitrogens with one attached hydrogen (secondary N) is 1. The van der Waals surface area contributed by atoms with Gasteiger partial charge in [-0.05, 0) is 67.9 Å². The van der Waals surface area contributed by atoms with E-state index in [1.807, 2.05) is 38.1 Å². The zero-order valence-corrected chi connectivity index (χ0v) is 17.9. The second-order valence-electron chi connectivity index (χ2n) is 7.46. The third-order valence-electron chi connectivity index (χ3n) is 5.10. The molecule has 0 bridgehead atoms. The number of benzene rings is 2. The molecule has 0 aliphatic carbocycles. The van der Waals surface area contributed by atoms with Gasteiger partial charge in [-0.1, -0.05) is 17.3 Å². The van der Waals surface area contributed by atoms with Gasteiger partial charge in [0.05, 0.1) is 24.2 Å². The van der Waals surface area contributed by atoms with Gasteiger partial charge in [0.1, 0.15) is 35.5 Å². The minimum atomic E-state index is -0.298. The number of nitrogens with zero attached hydrogens (tertiary/aromatic N) is 1. The number of amides is 1. The molecule has 2 heterocycles. The summed E-state index contributed by atoms with van der Waals surface area (Å²) >= 11 is 0. The smallest absolute Gasteiger partial charge is 0.224 e. The van der Waals surface area contributed by atoms with Crippen LogP contribution in [-0.4, -0.2) is 11.1 Å². The van der Waals surface area contributed by atoms with Crippen molar-refractivity contribution < 1.29 is 22.9 Å². The van der Waals surface area contributed by atoms with Gasteiger partial charge in [0.25, 0.3) is 0 Å². The van der Waals surface area contributed by atoms with Crippen LogP contribution in [-0.2, 0) is 24.4 Å². The highest BCUT2D eigenvalue weighted by atomic mass is 19.1. The summed E-state index contributed by atoms with van der Waals surface area (Å²) < 4.78 is 29.7. The van der Waals surface area contributed by atoms with E-state index >= 15 is 0 Å². The van der Waals surface area contributed by atoms with Crippen LogP contribution >= 0.6 is 0 Å². The van der Waals surface area contributed by atoms with Crippen molar-refractivity contribution in [1.82, 2.24) is 10.5 Å². The topological polar surface area (TPSA) is 77.5 Å². The van der Waals surface area contributed by atoms with Crippen LogP contribution in [0, 0.1) is 19.7 Å². The van der Waals surface area contributed by atoms with E-state index in [1.165, 1.54) is 12.1 Å². The summed E-state index contributed by atoms with van der Waals surface area (Å²) in [5, 5.41) is 6.77. The molecule has 0 spiro atoms. The van der Waals surface area contributed by atoms with Gasteiger partial charge >= 0.3 is 0 Å². The number of hydrogen-bond acceptors (Lipinski definition) is 5. The van der Waals surface area contributed by atoms with Crippen LogP contribution in [0.3, 0.4) is 0 Å². The van der Waals surface area contributed by atoms with Crippen LogP contribution in [0.2, 0.25) is 0 Å². The second-order valence-corrected chi connectivity index (χ2v) is 7.46. The highest BCUT2D eigenvalue weighted by Crippen LogP contribution is 2.22. The van der Waals surface area contributed by atoms with Gasteiger partial charge in [0, 0.05) is 5.56 Å². The first-order valence-corrected chi connectivity index (χ1v) is 10.2. The molecule has 164 valence electrons. The molecular weight excluding hydrogens is 411 g/mol. The highest BCUT2D eigenvalue weighted by molar-refractivity contribution is 5.78. The molecule has 0 saturated heterocycles. The Bertz CT molecular complexity index is 1170. The second kappa shape index (κ2) is 9.51. The predicted molar refractivity (Wildman–Crippen MR) is 116 cm³/mol. The maximum atomic E-state index is 13.1. The third-order valence-corrected chi connectivity index (χ3v) is 5.10. The summed E-state index contributed by atoms with van der Waals surface area (Å²) in [6, 6.07) is 17.1. The molecule has 2 aromatic heterocycles. The number of halogens is 1. The number of carbonyl (C=O) groups excluding carboxylic acids is 1. The molecule has 1 amide bonds. The normalized spacial score (nSPS) is 10.8. The van der Waals surface area contributed by atoms with E-state index in [0.29, 0.717) is 23.9 Å². The highest BCUT2D eigenvalue weighted by Gasteiger charge is 2.10. The van der Waals surface area contributed by atoms with Crippen molar-refractivity contribution in [3.63, 3.8) is 0 Å². The molecule has 0 aliphatic rings. The SMILES string of the molecule is Cc1noc(C)c1COc1ccc(CC(=O)NCc2ccc(-c3ccc(F)cc3)o2)cc1. The Morgan fingerprint density at radius 3 is 2.47 bits per heavy atom. The van der Waals surface area contributed by atoms with Crippen LogP contribution in [0.5, 0.6) is 5.75 Å². The molecule has 0 fully saturated rings. The first-order valence-electron chi connectivity index (χ1n) is 10.2. The number of rotatable bonds is 8. The Kier molecular flexibility index (Phi) is 6.35. The van der Waals surface area contributed by atoms with Crippen LogP contribution in [0.4, 0.5) is 4.39 Å². The lowest BCUT2D eigenvalue weighted by molar-refractivity contribution is -0.120. The van der Waals surface area contributed by atoms with Crippen LogP contribution in [0.25, 0.3) is 11.3 Å². The first-order chi connectivity index (χ1) is 15.5. The minimum absolute atomic E-state index is 0.117. The van der Waals surface area contributed by atoms with Crippen molar-refractivity contribution >= 4 is 5.91 Å².